The Labute approximate surface area is 227 Å². The number of nitrogens with one attached hydrogen (secondary N) is 2. The fraction of sp³-hybridized carbons (Fsp3) is 0.387. The summed E-state index contributed by atoms with van der Waals surface area (Å²) in [5, 5.41) is 9.87. The quantitative estimate of drug-likeness (QED) is 0.267. The highest BCUT2D eigenvalue weighted by Crippen LogP contribution is 2.48. The van der Waals surface area contributed by atoms with Crippen LogP contribution in [0.15, 0.2) is 61.1 Å². The first-order chi connectivity index (χ1) is 18.9. The van der Waals surface area contributed by atoms with E-state index in [-0.39, 0.29) is 11.7 Å². The maximum Gasteiger partial charge on any atom is 0.137 e. The van der Waals surface area contributed by atoms with Gasteiger partial charge in [0.15, 0.2) is 0 Å². The molecule has 1 aliphatic carbocycles. The summed E-state index contributed by atoms with van der Waals surface area (Å²) in [5.41, 5.74) is 5.28. The molecule has 0 unspecified atom stereocenters. The number of hydrogen-bond donors (Lipinski definition) is 2. The highest BCUT2D eigenvalue weighted by atomic mass is 16.5. The molecule has 8 nitrogen and oxygen atoms in total. The molecular formula is C31H34N6O2. The molecular weight excluding hydrogens is 488 g/mol. The number of ether oxygens (including phenoxy) is 2. The van der Waals surface area contributed by atoms with Crippen LogP contribution in [0.3, 0.4) is 0 Å². The zero-order chi connectivity index (χ0) is 26.6. The summed E-state index contributed by atoms with van der Waals surface area (Å²) < 4.78 is 12.1. The molecule has 1 aliphatic heterocycles. The van der Waals surface area contributed by atoms with Gasteiger partial charge in [0.1, 0.15) is 29.0 Å². The Morgan fingerprint density at radius 2 is 1.82 bits per heavy atom. The highest BCUT2D eigenvalue weighted by molar-refractivity contribution is 5.93. The molecule has 0 bridgehead atoms. The lowest BCUT2D eigenvalue weighted by molar-refractivity contribution is -0.0595. The van der Waals surface area contributed by atoms with Gasteiger partial charge in [0.2, 0.25) is 0 Å². The van der Waals surface area contributed by atoms with Gasteiger partial charge in [-0.05, 0) is 82.0 Å². The highest BCUT2D eigenvalue weighted by Gasteiger charge is 2.48. The van der Waals surface area contributed by atoms with Crippen LogP contribution in [0.1, 0.15) is 51.2 Å². The minimum atomic E-state index is -0.132. The lowest BCUT2D eigenvalue weighted by atomic mass is 9.65. The Bertz CT molecular complexity index is 1620. The van der Waals surface area contributed by atoms with Gasteiger partial charge in [0, 0.05) is 66.1 Å². The molecule has 1 aromatic carbocycles. The van der Waals surface area contributed by atoms with Crippen molar-refractivity contribution in [3.63, 3.8) is 0 Å². The number of H-pyrrole nitrogens is 2. The molecule has 2 aliphatic rings. The molecule has 1 atom stereocenters. The standard InChI is InChI=1S/C31H34N6O2/c1-20(23-8-14-32-29-24(23)9-15-33-29)39-22-5-6-26-25(16-22)28(36-35-26)21-4-7-27(34-17-21)37-18-31(19-37)12-10-30(2,38-3)11-13-31/h4-9,14-17,20H,10-13,18-19H2,1-3H3,(H,32,33)(H,35,36)/t20-/m1/s1. The number of benzene rings is 1. The number of methoxy groups -OCH3 is 1. The van der Waals surface area contributed by atoms with Gasteiger partial charge < -0.3 is 19.4 Å². The number of aromatic nitrogens is 5. The summed E-state index contributed by atoms with van der Waals surface area (Å²) in [5.74, 6) is 1.83. The van der Waals surface area contributed by atoms with Crippen LogP contribution >= 0.6 is 0 Å². The van der Waals surface area contributed by atoms with E-state index in [0.29, 0.717) is 5.41 Å². The largest absolute Gasteiger partial charge is 0.486 e. The first-order valence-electron chi connectivity index (χ1n) is 13.8. The molecule has 2 fully saturated rings. The number of fused-ring (bicyclic) bond motifs is 2. The first-order valence-corrected chi connectivity index (χ1v) is 13.8. The van der Waals surface area contributed by atoms with E-state index < -0.39 is 0 Å². The number of anilines is 1. The van der Waals surface area contributed by atoms with Crippen molar-refractivity contribution in [3.05, 3.63) is 66.6 Å². The third kappa shape index (κ3) is 4.23. The molecule has 7 rings (SSSR count). The molecule has 8 heteroatoms. The SMILES string of the molecule is COC1(C)CCC2(CC1)CN(c1ccc(-c3n[nH]c4ccc(O[C@H](C)c5ccnc6[nH]ccc56)cc34)cn1)C2. The number of nitrogens with zero attached hydrogens (tertiary/aromatic N) is 4. The predicted octanol–water partition coefficient (Wildman–Crippen LogP) is 6.43. The lowest BCUT2D eigenvalue weighted by Gasteiger charge is -2.55. The van der Waals surface area contributed by atoms with Crippen molar-refractivity contribution in [2.24, 2.45) is 5.41 Å². The molecule has 2 N–H and O–H groups in total. The molecule has 1 spiro atoms. The monoisotopic (exact) mass is 522 g/mol. The Kier molecular flexibility index (Phi) is 5.63. The van der Waals surface area contributed by atoms with E-state index in [2.05, 4.69) is 57.1 Å². The van der Waals surface area contributed by atoms with Crippen molar-refractivity contribution in [1.82, 2.24) is 25.1 Å². The summed E-state index contributed by atoms with van der Waals surface area (Å²) in [7, 11) is 1.84. The number of aromatic amines is 2. The van der Waals surface area contributed by atoms with Crippen LogP contribution in [-0.4, -0.2) is 50.9 Å². The summed E-state index contributed by atoms with van der Waals surface area (Å²) in [4.78, 5) is 14.8. The van der Waals surface area contributed by atoms with Gasteiger partial charge in [0.05, 0.1) is 11.1 Å². The second kappa shape index (κ2) is 9.09. The molecule has 39 heavy (non-hydrogen) atoms. The van der Waals surface area contributed by atoms with Gasteiger partial charge in [0.25, 0.3) is 0 Å². The Morgan fingerprint density at radius 3 is 2.59 bits per heavy atom. The van der Waals surface area contributed by atoms with Gasteiger partial charge in [-0.25, -0.2) is 9.97 Å². The minimum absolute atomic E-state index is 0.0503. The van der Waals surface area contributed by atoms with Crippen molar-refractivity contribution in [2.45, 2.75) is 51.2 Å². The van der Waals surface area contributed by atoms with Crippen LogP contribution in [0.2, 0.25) is 0 Å². The average molecular weight is 523 g/mol. The average Bonchev–Trinajstić information content (AvgIpc) is 3.60. The van der Waals surface area contributed by atoms with E-state index in [1.165, 1.54) is 12.8 Å². The minimum Gasteiger partial charge on any atom is -0.486 e. The van der Waals surface area contributed by atoms with E-state index in [1.807, 2.05) is 50.0 Å². The van der Waals surface area contributed by atoms with Gasteiger partial charge >= 0.3 is 0 Å². The topological polar surface area (TPSA) is 92.0 Å². The van der Waals surface area contributed by atoms with E-state index in [9.17, 15) is 0 Å². The maximum absolute atomic E-state index is 6.38. The third-order valence-electron chi connectivity index (χ3n) is 9.04. The van der Waals surface area contributed by atoms with Crippen LogP contribution in [0, 0.1) is 5.41 Å². The summed E-state index contributed by atoms with van der Waals surface area (Å²) in [6, 6.07) is 14.4. The second-order valence-electron chi connectivity index (χ2n) is 11.6. The smallest absolute Gasteiger partial charge is 0.137 e. The van der Waals surface area contributed by atoms with Crippen molar-refractivity contribution < 1.29 is 9.47 Å². The Hall–Kier alpha value is -3.91. The first kappa shape index (κ1) is 24.2. The number of pyridine rings is 2. The van der Waals surface area contributed by atoms with Gasteiger partial charge in [-0.15, -0.1) is 0 Å². The number of hydrogen-bond acceptors (Lipinski definition) is 6. The second-order valence-corrected chi connectivity index (χ2v) is 11.6. The van der Waals surface area contributed by atoms with E-state index in [1.54, 1.807) is 0 Å². The molecule has 5 aromatic rings. The molecule has 1 saturated carbocycles. The van der Waals surface area contributed by atoms with Crippen LogP contribution in [0.4, 0.5) is 5.82 Å². The predicted molar refractivity (Wildman–Crippen MR) is 153 cm³/mol. The van der Waals surface area contributed by atoms with Gasteiger partial charge in [-0.3, -0.25) is 5.10 Å². The lowest BCUT2D eigenvalue weighted by Crippen LogP contribution is -2.59. The van der Waals surface area contributed by atoms with E-state index in [4.69, 9.17) is 14.5 Å². The van der Waals surface area contributed by atoms with Crippen LogP contribution in [0.5, 0.6) is 5.75 Å². The summed E-state index contributed by atoms with van der Waals surface area (Å²) in [6.45, 7) is 6.47. The van der Waals surface area contributed by atoms with E-state index >= 15 is 0 Å². The molecule has 1 saturated heterocycles. The Morgan fingerprint density at radius 1 is 0.974 bits per heavy atom. The van der Waals surface area contributed by atoms with Crippen molar-refractivity contribution in [1.29, 1.82) is 0 Å². The van der Waals surface area contributed by atoms with Crippen LogP contribution < -0.4 is 9.64 Å². The van der Waals surface area contributed by atoms with Gasteiger partial charge in [-0.1, -0.05) is 0 Å². The molecule has 200 valence electrons. The summed E-state index contributed by atoms with van der Waals surface area (Å²) in [6.07, 6.45) is 10.3. The van der Waals surface area contributed by atoms with Crippen molar-refractivity contribution >= 4 is 27.8 Å². The Balaban J connectivity index is 1.07. The normalized spacial score (nSPS) is 18.9. The molecule has 0 radical (unpaired) electrons. The number of rotatable bonds is 6. The molecule has 0 amide bonds. The van der Waals surface area contributed by atoms with Crippen molar-refractivity contribution in [3.8, 4) is 17.0 Å². The van der Waals surface area contributed by atoms with Gasteiger partial charge in [-0.2, -0.15) is 5.10 Å². The summed E-state index contributed by atoms with van der Waals surface area (Å²) >= 11 is 0. The third-order valence-corrected chi connectivity index (χ3v) is 9.04. The fourth-order valence-electron chi connectivity index (χ4n) is 6.36. The zero-order valence-corrected chi connectivity index (χ0v) is 22.7. The fourth-order valence-corrected chi connectivity index (χ4v) is 6.36. The van der Waals surface area contributed by atoms with Crippen LogP contribution in [-0.2, 0) is 4.74 Å². The molecule has 4 aromatic heterocycles. The zero-order valence-electron chi connectivity index (χ0n) is 22.7. The maximum atomic E-state index is 6.38. The van der Waals surface area contributed by atoms with Crippen LogP contribution in [0.25, 0.3) is 33.2 Å². The van der Waals surface area contributed by atoms with E-state index in [0.717, 1.165) is 76.3 Å². The van der Waals surface area contributed by atoms with Crippen molar-refractivity contribution in [2.75, 3.05) is 25.1 Å². The molecule has 5 heterocycles.